The van der Waals surface area contributed by atoms with Gasteiger partial charge in [-0.2, -0.15) is 5.10 Å². The van der Waals surface area contributed by atoms with Crippen molar-refractivity contribution in [3.05, 3.63) is 64.6 Å². The van der Waals surface area contributed by atoms with Crippen LogP contribution in [0.4, 0.5) is 5.69 Å². The van der Waals surface area contributed by atoms with E-state index >= 15 is 0 Å². The van der Waals surface area contributed by atoms with Gasteiger partial charge in [0.1, 0.15) is 11.4 Å². The number of rotatable bonds is 5. The van der Waals surface area contributed by atoms with E-state index in [2.05, 4.69) is 10.4 Å². The first kappa shape index (κ1) is 19.7. The highest BCUT2D eigenvalue weighted by Crippen LogP contribution is 2.23. The van der Waals surface area contributed by atoms with Crippen LogP contribution in [0.25, 0.3) is 10.8 Å². The van der Waals surface area contributed by atoms with E-state index in [4.69, 9.17) is 0 Å². The van der Waals surface area contributed by atoms with Gasteiger partial charge in [-0.05, 0) is 25.1 Å². The molecule has 1 amide bonds. The first-order chi connectivity index (χ1) is 13.2. The molecule has 1 aromatic heterocycles. The molecular weight excluding hydrogens is 380 g/mol. The van der Waals surface area contributed by atoms with Gasteiger partial charge >= 0.3 is 0 Å². The topological polar surface area (TPSA) is 101 Å². The highest BCUT2D eigenvalue weighted by atomic mass is 32.2. The van der Waals surface area contributed by atoms with Crippen molar-refractivity contribution in [3.63, 3.8) is 0 Å². The van der Waals surface area contributed by atoms with Gasteiger partial charge in [-0.25, -0.2) is 17.4 Å². The Kier molecular flexibility index (Phi) is 5.30. The van der Waals surface area contributed by atoms with E-state index in [-0.39, 0.29) is 22.7 Å². The molecule has 0 saturated carbocycles. The minimum atomic E-state index is -3.74. The van der Waals surface area contributed by atoms with Crippen molar-refractivity contribution >= 4 is 32.4 Å². The summed E-state index contributed by atoms with van der Waals surface area (Å²) in [4.78, 5) is 25.1. The van der Waals surface area contributed by atoms with Crippen molar-refractivity contribution in [2.24, 2.45) is 0 Å². The van der Waals surface area contributed by atoms with E-state index in [1.165, 1.54) is 26.2 Å². The Morgan fingerprint density at radius 3 is 2.36 bits per heavy atom. The number of para-hydroxylation sites is 1. The zero-order valence-electron chi connectivity index (χ0n) is 15.7. The summed E-state index contributed by atoms with van der Waals surface area (Å²) in [5.41, 5.74) is 0.385. The van der Waals surface area contributed by atoms with Crippen LogP contribution in [-0.2, 0) is 21.4 Å². The number of carbonyl (C=O) groups excluding carboxylic acids is 1. The number of nitrogens with zero attached hydrogens (tertiary/aromatic N) is 3. The lowest BCUT2D eigenvalue weighted by Crippen LogP contribution is -2.31. The molecule has 3 rings (SSSR count). The van der Waals surface area contributed by atoms with Gasteiger partial charge < -0.3 is 5.32 Å². The molecule has 1 N–H and O–H groups in total. The molecule has 0 atom stereocenters. The van der Waals surface area contributed by atoms with Gasteiger partial charge in [0.15, 0.2) is 0 Å². The Labute approximate surface area is 162 Å². The van der Waals surface area contributed by atoms with Crippen molar-refractivity contribution in [2.45, 2.75) is 18.4 Å². The third-order valence-electron chi connectivity index (χ3n) is 4.27. The number of nitrogens with one attached hydrogen (secondary N) is 1. The zero-order chi connectivity index (χ0) is 20.5. The Balaban J connectivity index is 1.92. The van der Waals surface area contributed by atoms with Gasteiger partial charge in [0.05, 0.1) is 16.8 Å². The number of sulfonamides is 1. The predicted octanol–water partition coefficient (Wildman–Crippen LogP) is 1.59. The van der Waals surface area contributed by atoms with Gasteiger partial charge in [0, 0.05) is 19.5 Å². The Morgan fingerprint density at radius 2 is 1.68 bits per heavy atom. The Bertz CT molecular complexity index is 1220. The predicted molar refractivity (Wildman–Crippen MR) is 107 cm³/mol. The van der Waals surface area contributed by atoms with Crippen molar-refractivity contribution in [1.82, 2.24) is 14.1 Å². The Morgan fingerprint density at radius 1 is 1.07 bits per heavy atom. The SMILES string of the molecule is Cc1nn(CC(=O)Nc2ccccc2S(=O)(=O)N(C)C)c(=O)c2ccccc12. The normalized spacial score (nSPS) is 11.7. The fourth-order valence-electron chi connectivity index (χ4n) is 2.83. The average molecular weight is 400 g/mol. The van der Waals surface area contributed by atoms with E-state index in [1.807, 2.05) is 6.07 Å². The maximum Gasteiger partial charge on any atom is 0.275 e. The summed E-state index contributed by atoms with van der Waals surface area (Å²) in [6, 6.07) is 13.1. The molecule has 8 nitrogen and oxygen atoms in total. The first-order valence-electron chi connectivity index (χ1n) is 8.49. The lowest BCUT2D eigenvalue weighted by Gasteiger charge is -2.16. The maximum absolute atomic E-state index is 12.6. The van der Waals surface area contributed by atoms with Gasteiger partial charge in [-0.3, -0.25) is 9.59 Å². The number of carbonyl (C=O) groups is 1. The summed E-state index contributed by atoms with van der Waals surface area (Å²) < 4.78 is 27.0. The highest BCUT2D eigenvalue weighted by Gasteiger charge is 2.22. The molecule has 0 aliphatic carbocycles. The van der Waals surface area contributed by atoms with E-state index < -0.39 is 15.9 Å². The number of aryl methyl sites for hydroxylation is 1. The van der Waals surface area contributed by atoms with Crippen LogP contribution >= 0.6 is 0 Å². The van der Waals surface area contributed by atoms with Crippen LogP contribution in [0.2, 0.25) is 0 Å². The van der Waals surface area contributed by atoms with Crippen LogP contribution in [0.15, 0.2) is 58.2 Å². The second kappa shape index (κ2) is 7.53. The summed E-state index contributed by atoms with van der Waals surface area (Å²) in [6.07, 6.45) is 0. The first-order valence-corrected chi connectivity index (χ1v) is 9.93. The number of benzene rings is 2. The molecule has 0 bridgehead atoms. The summed E-state index contributed by atoms with van der Waals surface area (Å²) in [5.74, 6) is -0.550. The summed E-state index contributed by atoms with van der Waals surface area (Å²) in [7, 11) is -0.911. The molecule has 0 aliphatic heterocycles. The van der Waals surface area contributed by atoms with Gasteiger partial charge in [-0.1, -0.05) is 30.3 Å². The summed E-state index contributed by atoms with van der Waals surface area (Å²) in [5, 5.41) is 7.97. The molecule has 146 valence electrons. The van der Waals surface area contributed by atoms with Crippen LogP contribution in [-0.4, -0.2) is 42.5 Å². The van der Waals surface area contributed by atoms with Gasteiger partial charge in [0.2, 0.25) is 15.9 Å². The minimum Gasteiger partial charge on any atom is -0.323 e. The fraction of sp³-hybridized carbons (Fsp3) is 0.211. The number of anilines is 1. The summed E-state index contributed by atoms with van der Waals surface area (Å²) >= 11 is 0. The zero-order valence-corrected chi connectivity index (χ0v) is 16.5. The molecular formula is C19H20N4O4S. The molecule has 0 radical (unpaired) electrons. The minimum absolute atomic E-state index is 0.0247. The van der Waals surface area contributed by atoms with Crippen molar-refractivity contribution in [1.29, 1.82) is 0 Å². The maximum atomic E-state index is 12.6. The van der Waals surface area contributed by atoms with Crippen LogP contribution in [0.1, 0.15) is 5.69 Å². The third-order valence-corrected chi connectivity index (χ3v) is 6.14. The number of hydrogen-bond donors (Lipinski definition) is 1. The third kappa shape index (κ3) is 3.67. The van der Waals surface area contributed by atoms with E-state index in [9.17, 15) is 18.0 Å². The lowest BCUT2D eigenvalue weighted by atomic mass is 10.1. The van der Waals surface area contributed by atoms with E-state index in [1.54, 1.807) is 37.3 Å². The monoisotopic (exact) mass is 400 g/mol. The molecule has 0 unspecified atom stereocenters. The second-order valence-corrected chi connectivity index (χ2v) is 8.55. The van der Waals surface area contributed by atoms with Crippen molar-refractivity contribution < 1.29 is 13.2 Å². The molecule has 0 saturated heterocycles. The summed E-state index contributed by atoms with van der Waals surface area (Å²) in [6.45, 7) is 1.43. The molecule has 0 spiro atoms. The fourth-order valence-corrected chi connectivity index (χ4v) is 3.87. The molecule has 3 aromatic rings. The lowest BCUT2D eigenvalue weighted by molar-refractivity contribution is -0.117. The average Bonchev–Trinajstić information content (AvgIpc) is 2.66. The van der Waals surface area contributed by atoms with Crippen LogP contribution < -0.4 is 10.9 Å². The quantitative estimate of drug-likeness (QED) is 0.701. The Hall–Kier alpha value is -3.04. The molecule has 0 aliphatic rings. The molecule has 0 fully saturated rings. The van der Waals surface area contributed by atoms with Crippen molar-refractivity contribution in [2.75, 3.05) is 19.4 Å². The number of fused-ring (bicyclic) bond motifs is 1. The molecule has 1 heterocycles. The largest absolute Gasteiger partial charge is 0.323 e. The molecule has 9 heteroatoms. The molecule has 28 heavy (non-hydrogen) atoms. The number of aromatic nitrogens is 2. The van der Waals surface area contributed by atoms with Gasteiger partial charge in [-0.15, -0.1) is 0 Å². The second-order valence-electron chi connectivity index (χ2n) is 6.43. The smallest absolute Gasteiger partial charge is 0.275 e. The standard InChI is InChI=1S/C19H20N4O4S/c1-13-14-8-4-5-9-15(14)19(25)23(21-13)12-18(24)20-16-10-6-7-11-17(16)28(26,27)22(2)3/h4-11H,12H2,1-3H3,(H,20,24). The molecule has 2 aromatic carbocycles. The van der Waals surface area contributed by atoms with Crippen LogP contribution in [0, 0.1) is 6.92 Å². The van der Waals surface area contributed by atoms with Gasteiger partial charge in [0.25, 0.3) is 5.56 Å². The number of amides is 1. The van der Waals surface area contributed by atoms with E-state index in [0.29, 0.717) is 11.1 Å². The highest BCUT2D eigenvalue weighted by molar-refractivity contribution is 7.89. The number of hydrogen-bond acceptors (Lipinski definition) is 5. The van der Waals surface area contributed by atoms with E-state index in [0.717, 1.165) is 14.4 Å². The van der Waals surface area contributed by atoms with Crippen molar-refractivity contribution in [3.8, 4) is 0 Å². The van der Waals surface area contributed by atoms with Crippen LogP contribution in [0.3, 0.4) is 0 Å². The van der Waals surface area contributed by atoms with Crippen LogP contribution in [0.5, 0.6) is 0 Å².